The standard InChI is InChI=1S/C19H22F3N/c1-14(2)11-12-23-13-15-3-5-16(6-4-15)17-7-9-18(10-8-17)19(20,21)22/h3-10,14,23H,11-13H2,1-2H3. The van der Waals surface area contributed by atoms with Crippen LogP contribution in [0.25, 0.3) is 11.1 Å². The van der Waals surface area contributed by atoms with Gasteiger partial charge in [0.25, 0.3) is 0 Å². The average molecular weight is 321 g/mol. The third-order valence-corrected chi connectivity index (χ3v) is 3.73. The zero-order chi connectivity index (χ0) is 16.9. The Balaban J connectivity index is 1.96. The summed E-state index contributed by atoms with van der Waals surface area (Å²) in [5.41, 5.74) is 2.26. The summed E-state index contributed by atoms with van der Waals surface area (Å²) in [6.45, 7) is 6.18. The Morgan fingerprint density at radius 3 is 1.87 bits per heavy atom. The molecule has 0 amide bonds. The molecule has 23 heavy (non-hydrogen) atoms. The van der Waals surface area contributed by atoms with Crippen LogP contribution in [0, 0.1) is 5.92 Å². The maximum absolute atomic E-state index is 12.6. The molecule has 124 valence electrons. The lowest BCUT2D eigenvalue weighted by Crippen LogP contribution is -2.16. The van der Waals surface area contributed by atoms with E-state index in [9.17, 15) is 13.2 Å². The van der Waals surface area contributed by atoms with Crippen molar-refractivity contribution >= 4 is 0 Å². The molecule has 0 aliphatic carbocycles. The van der Waals surface area contributed by atoms with E-state index < -0.39 is 11.7 Å². The topological polar surface area (TPSA) is 12.0 Å². The van der Waals surface area contributed by atoms with Gasteiger partial charge >= 0.3 is 6.18 Å². The van der Waals surface area contributed by atoms with Crippen molar-refractivity contribution in [1.82, 2.24) is 5.32 Å². The summed E-state index contributed by atoms with van der Waals surface area (Å²) in [7, 11) is 0. The Hall–Kier alpha value is -1.81. The van der Waals surface area contributed by atoms with Crippen molar-refractivity contribution in [3.63, 3.8) is 0 Å². The van der Waals surface area contributed by atoms with Crippen molar-refractivity contribution in [3.8, 4) is 11.1 Å². The zero-order valence-corrected chi connectivity index (χ0v) is 13.5. The fourth-order valence-corrected chi connectivity index (χ4v) is 2.29. The van der Waals surface area contributed by atoms with E-state index in [-0.39, 0.29) is 0 Å². The van der Waals surface area contributed by atoms with E-state index >= 15 is 0 Å². The Morgan fingerprint density at radius 2 is 1.39 bits per heavy atom. The third kappa shape index (κ3) is 5.39. The Labute approximate surface area is 135 Å². The van der Waals surface area contributed by atoms with Gasteiger partial charge in [-0.05, 0) is 47.7 Å². The van der Waals surface area contributed by atoms with Gasteiger partial charge in [-0.3, -0.25) is 0 Å². The maximum Gasteiger partial charge on any atom is 0.416 e. The number of alkyl halides is 3. The van der Waals surface area contributed by atoms with E-state index in [2.05, 4.69) is 19.2 Å². The molecule has 0 aliphatic rings. The van der Waals surface area contributed by atoms with Gasteiger partial charge in [-0.2, -0.15) is 13.2 Å². The van der Waals surface area contributed by atoms with Crippen LogP contribution in [0.1, 0.15) is 31.4 Å². The molecule has 2 rings (SSSR count). The molecule has 0 saturated carbocycles. The van der Waals surface area contributed by atoms with E-state index in [1.165, 1.54) is 17.7 Å². The number of hydrogen-bond acceptors (Lipinski definition) is 1. The third-order valence-electron chi connectivity index (χ3n) is 3.73. The number of nitrogens with one attached hydrogen (secondary N) is 1. The molecule has 2 aromatic carbocycles. The largest absolute Gasteiger partial charge is 0.416 e. The lowest BCUT2D eigenvalue weighted by atomic mass is 10.0. The van der Waals surface area contributed by atoms with Gasteiger partial charge in [-0.1, -0.05) is 50.2 Å². The minimum absolute atomic E-state index is 0.618. The molecular formula is C19H22F3N. The SMILES string of the molecule is CC(C)CCNCc1ccc(-c2ccc(C(F)(F)F)cc2)cc1. The predicted octanol–water partition coefficient (Wildman–Crippen LogP) is 5.51. The maximum atomic E-state index is 12.6. The van der Waals surface area contributed by atoms with Crippen LogP contribution >= 0.6 is 0 Å². The highest BCUT2D eigenvalue weighted by molar-refractivity contribution is 5.64. The first-order valence-electron chi connectivity index (χ1n) is 7.83. The van der Waals surface area contributed by atoms with E-state index in [1.807, 2.05) is 24.3 Å². The fourth-order valence-electron chi connectivity index (χ4n) is 2.29. The second-order valence-electron chi connectivity index (χ2n) is 6.13. The van der Waals surface area contributed by atoms with Crippen LogP contribution in [-0.4, -0.2) is 6.54 Å². The van der Waals surface area contributed by atoms with Crippen LogP contribution in [0.2, 0.25) is 0 Å². The predicted molar refractivity (Wildman–Crippen MR) is 88.0 cm³/mol. The minimum Gasteiger partial charge on any atom is -0.313 e. The van der Waals surface area contributed by atoms with Gasteiger partial charge < -0.3 is 5.32 Å². The highest BCUT2D eigenvalue weighted by Gasteiger charge is 2.29. The molecular weight excluding hydrogens is 299 g/mol. The van der Waals surface area contributed by atoms with Gasteiger partial charge in [0, 0.05) is 6.54 Å². The first-order valence-corrected chi connectivity index (χ1v) is 7.83. The molecule has 0 aliphatic heterocycles. The van der Waals surface area contributed by atoms with Gasteiger partial charge in [0.2, 0.25) is 0 Å². The quantitative estimate of drug-likeness (QED) is 0.692. The minimum atomic E-state index is -4.29. The molecule has 1 N–H and O–H groups in total. The van der Waals surface area contributed by atoms with Crippen LogP contribution in [0.15, 0.2) is 48.5 Å². The summed E-state index contributed by atoms with van der Waals surface area (Å²) in [6, 6.07) is 13.2. The van der Waals surface area contributed by atoms with E-state index in [0.717, 1.165) is 42.8 Å². The Morgan fingerprint density at radius 1 is 0.870 bits per heavy atom. The molecule has 0 atom stereocenters. The molecule has 0 bridgehead atoms. The first-order chi connectivity index (χ1) is 10.9. The van der Waals surface area contributed by atoms with E-state index in [0.29, 0.717) is 5.92 Å². The highest BCUT2D eigenvalue weighted by atomic mass is 19.4. The fraction of sp³-hybridized carbons (Fsp3) is 0.368. The molecule has 2 aromatic rings. The Kier molecular flexibility index (Phi) is 5.83. The molecule has 0 radical (unpaired) electrons. The summed E-state index contributed by atoms with van der Waals surface area (Å²) < 4.78 is 37.7. The molecule has 0 unspecified atom stereocenters. The van der Waals surface area contributed by atoms with Crippen LogP contribution in [0.3, 0.4) is 0 Å². The van der Waals surface area contributed by atoms with Crippen molar-refractivity contribution in [2.45, 2.75) is 33.0 Å². The average Bonchev–Trinajstić information content (AvgIpc) is 2.51. The van der Waals surface area contributed by atoms with Crippen molar-refractivity contribution in [2.24, 2.45) is 5.92 Å². The van der Waals surface area contributed by atoms with E-state index in [4.69, 9.17) is 0 Å². The van der Waals surface area contributed by atoms with Gasteiger partial charge in [0.1, 0.15) is 0 Å². The normalized spacial score (nSPS) is 11.9. The second-order valence-corrected chi connectivity index (χ2v) is 6.13. The smallest absolute Gasteiger partial charge is 0.313 e. The molecule has 0 saturated heterocycles. The number of benzene rings is 2. The molecule has 1 nitrogen and oxygen atoms in total. The van der Waals surface area contributed by atoms with Crippen LogP contribution in [-0.2, 0) is 12.7 Å². The summed E-state index contributed by atoms with van der Waals surface area (Å²) in [6.07, 6.45) is -3.15. The molecule has 0 heterocycles. The van der Waals surface area contributed by atoms with Crippen molar-refractivity contribution in [2.75, 3.05) is 6.54 Å². The Bertz CT molecular complexity index is 598. The molecule has 0 fully saturated rings. The lowest BCUT2D eigenvalue weighted by molar-refractivity contribution is -0.137. The summed E-state index contributed by atoms with van der Waals surface area (Å²) in [5.74, 6) is 0.685. The monoisotopic (exact) mass is 321 g/mol. The van der Waals surface area contributed by atoms with Crippen molar-refractivity contribution < 1.29 is 13.2 Å². The first kappa shape index (κ1) is 17.5. The van der Waals surface area contributed by atoms with Crippen LogP contribution < -0.4 is 5.32 Å². The van der Waals surface area contributed by atoms with Gasteiger partial charge in [0.05, 0.1) is 5.56 Å². The zero-order valence-electron chi connectivity index (χ0n) is 13.5. The number of hydrogen-bond donors (Lipinski definition) is 1. The lowest BCUT2D eigenvalue weighted by Gasteiger charge is -2.09. The second kappa shape index (κ2) is 7.64. The molecule has 4 heteroatoms. The van der Waals surface area contributed by atoms with Crippen LogP contribution in [0.5, 0.6) is 0 Å². The van der Waals surface area contributed by atoms with Crippen LogP contribution in [0.4, 0.5) is 13.2 Å². The van der Waals surface area contributed by atoms with E-state index in [1.54, 1.807) is 0 Å². The number of rotatable bonds is 6. The summed E-state index contributed by atoms with van der Waals surface area (Å²) in [4.78, 5) is 0. The highest BCUT2D eigenvalue weighted by Crippen LogP contribution is 2.31. The summed E-state index contributed by atoms with van der Waals surface area (Å²) >= 11 is 0. The summed E-state index contributed by atoms with van der Waals surface area (Å²) in [5, 5.41) is 3.39. The van der Waals surface area contributed by atoms with Crippen molar-refractivity contribution in [3.05, 3.63) is 59.7 Å². The van der Waals surface area contributed by atoms with Gasteiger partial charge in [-0.15, -0.1) is 0 Å². The van der Waals surface area contributed by atoms with Gasteiger partial charge in [-0.25, -0.2) is 0 Å². The molecule has 0 aromatic heterocycles. The van der Waals surface area contributed by atoms with Gasteiger partial charge in [0.15, 0.2) is 0 Å². The number of halogens is 3. The molecule has 0 spiro atoms. The van der Waals surface area contributed by atoms with Crippen molar-refractivity contribution in [1.29, 1.82) is 0 Å².